The van der Waals surface area contributed by atoms with Crippen LogP contribution in [0.15, 0.2) is 0 Å². The SMILES string of the molecule is CN(C)CCCNCCN(C)CCCN(C)C.CN(C)CCNCCN(C)CCN(C)CCN(C)C.CNCCCN(C)CCN(C)CCCN(C)C.CNCCN(C)CCN(C)C.CNCCN(C)CCN(C)CCN(C)CCN(C)C.CNCCN(C)CCO.CNCCN(CCN(C)C)CCN(C)C.OCCN1CCNCC1. The molecule has 1 fully saturated rings. The Kier molecular flexibility index (Phi) is 108. The van der Waals surface area contributed by atoms with Gasteiger partial charge in [0.05, 0.1) is 13.2 Å². The first kappa shape index (κ1) is 128. The lowest BCUT2D eigenvalue weighted by Gasteiger charge is -2.25. The van der Waals surface area contributed by atoms with Crippen molar-refractivity contribution in [1.82, 2.24) is 145 Å². The molecule has 116 heavy (non-hydrogen) atoms. The second-order valence-electron chi connectivity index (χ2n) is 34.6. The Labute approximate surface area is 724 Å². The Hall–Kier alpha value is -1.24. The van der Waals surface area contributed by atoms with E-state index < -0.39 is 0 Å². The quantitative estimate of drug-likeness (QED) is 0.0282. The summed E-state index contributed by atoms with van der Waals surface area (Å²) in [5.41, 5.74) is 0. The summed E-state index contributed by atoms with van der Waals surface area (Å²) in [4.78, 5) is 48.5. The van der Waals surface area contributed by atoms with E-state index in [1.807, 2.05) is 42.3 Å². The Balaban J connectivity index is -0.000000237. The second kappa shape index (κ2) is 97.6. The van der Waals surface area contributed by atoms with Gasteiger partial charge in [-0.15, -0.1) is 0 Å². The van der Waals surface area contributed by atoms with Gasteiger partial charge in [-0.2, -0.15) is 0 Å². The highest BCUT2D eigenvalue weighted by Crippen LogP contribution is 1.97. The molecule has 1 aliphatic rings. The number of hydrogen-bond acceptors (Lipinski definition) is 31. The molecule has 0 aliphatic carbocycles. The van der Waals surface area contributed by atoms with Gasteiger partial charge in [-0.1, -0.05) is 0 Å². The molecule has 710 valence electrons. The zero-order chi connectivity index (χ0) is 89.6. The lowest BCUT2D eigenvalue weighted by atomic mass is 10.3. The summed E-state index contributed by atoms with van der Waals surface area (Å²) in [6.07, 6.45) is 4.98. The van der Waals surface area contributed by atoms with Crippen LogP contribution in [0.25, 0.3) is 0 Å². The summed E-state index contributed by atoms with van der Waals surface area (Å²) in [7, 11) is 69.9. The Bertz CT molecular complexity index is 1780. The van der Waals surface area contributed by atoms with Crippen LogP contribution in [0.1, 0.15) is 25.7 Å². The highest BCUT2D eigenvalue weighted by molar-refractivity contribution is 4.69. The molecule has 0 saturated carbocycles. The fourth-order valence-electron chi connectivity index (χ4n) is 10.5. The first-order valence-corrected chi connectivity index (χ1v) is 44.6. The van der Waals surface area contributed by atoms with E-state index >= 15 is 0 Å². The summed E-state index contributed by atoms with van der Waals surface area (Å²) in [6, 6.07) is 0. The third-order valence-corrected chi connectivity index (χ3v) is 19.3. The lowest BCUT2D eigenvalue weighted by Crippen LogP contribution is -2.44. The molecule has 0 bridgehead atoms. The van der Waals surface area contributed by atoms with Crippen molar-refractivity contribution in [1.29, 1.82) is 0 Å². The van der Waals surface area contributed by atoms with E-state index in [9.17, 15) is 0 Å². The Morgan fingerprint density at radius 2 is 0.448 bits per heavy atom. The highest BCUT2D eigenvalue weighted by Gasteiger charge is 2.11. The molecule has 1 aliphatic heterocycles. The van der Waals surface area contributed by atoms with Crippen molar-refractivity contribution in [3.8, 4) is 0 Å². The predicted molar refractivity (Wildman–Crippen MR) is 516 cm³/mol. The van der Waals surface area contributed by atoms with Crippen molar-refractivity contribution in [2.24, 2.45) is 0 Å². The van der Waals surface area contributed by atoms with Gasteiger partial charge in [0.15, 0.2) is 0 Å². The van der Waals surface area contributed by atoms with Crippen LogP contribution in [0.3, 0.4) is 0 Å². The minimum Gasteiger partial charge on any atom is -0.395 e. The average Bonchev–Trinajstić information content (AvgIpc) is 0.988. The molecule has 0 spiro atoms. The largest absolute Gasteiger partial charge is 0.395 e. The summed E-state index contributed by atoms with van der Waals surface area (Å²) < 4.78 is 0. The van der Waals surface area contributed by atoms with Gasteiger partial charge in [-0.05, 0) is 311 Å². The maximum atomic E-state index is 8.56. The van der Waals surface area contributed by atoms with Crippen molar-refractivity contribution in [3.05, 3.63) is 0 Å². The fraction of sp³-hybridized carbons (Fsp3) is 1.00. The second-order valence-corrected chi connectivity index (χ2v) is 34.6. The van der Waals surface area contributed by atoms with Crippen LogP contribution < -0.4 is 42.5 Å². The van der Waals surface area contributed by atoms with Crippen LogP contribution >= 0.6 is 0 Å². The summed E-state index contributed by atoms with van der Waals surface area (Å²) in [5.74, 6) is 0. The van der Waals surface area contributed by atoms with Crippen molar-refractivity contribution < 1.29 is 10.2 Å². The summed E-state index contributed by atoms with van der Waals surface area (Å²) in [5, 5.41) is 43.0. The van der Waals surface area contributed by atoms with Crippen LogP contribution in [0, 0.1) is 0 Å². The molecule has 0 aromatic heterocycles. The van der Waals surface area contributed by atoms with E-state index in [1.165, 1.54) is 78.0 Å². The standard InChI is InChI=1S/2C14H35N5.2C13H32N4.C11H28N4.C8H21N3.C6H14N2O.C6H16N2O/c1-16(2)9-7-15-8-10-18(5)13-14-19(6)12-11-17(3)4;1-15-7-8-17(4)11-12-19(6)14-13-18(5)10-9-16(2)3;1-15(2)10-6-8-14-9-13-17(5)12-7-11-16(3)4;1-14-8-6-10-16(4)12-13-17(5)11-7-9-15(2)3;1-12-6-7-15(10-8-13(2)3)11-9-14(4)5;1-9-5-6-11(4)8-7-10(2)3;9-6-5-8-3-1-7-2-4-8;1-7-3-4-8(2)5-6-9/h2*15H,7-14H2,1-6H3;2*14H,6-13H2,1-5H3;12H,6-11H2,1-5H3;9H,5-8H2,1-4H3;7,9H,1-6H2;7,9H,3-6H2,1-2H3. The minimum absolute atomic E-state index is 0.250. The summed E-state index contributed by atoms with van der Waals surface area (Å²) in [6.45, 7) is 51.6. The molecular weight excluding hydrogens is 1460 g/mol. The van der Waals surface area contributed by atoms with Gasteiger partial charge in [0.25, 0.3) is 0 Å². The van der Waals surface area contributed by atoms with Crippen LogP contribution in [-0.2, 0) is 0 Å². The zero-order valence-electron chi connectivity index (χ0n) is 84.1. The van der Waals surface area contributed by atoms with E-state index in [2.05, 4.69) is 336 Å². The first-order valence-electron chi connectivity index (χ1n) is 44.6. The predicted octanol–water partition coefficient (Wildman–Crippen LogP) is -2.71. The van der Waals surface area contributed by atoms with E-state index in [-0.39, 0.29) is 6.61 Å². The number of nitrogens with zero attached hydrogens (tertiary/aromatic N) is 21. The average molecular weight is 1670 g/mol. The maximum absolute atomic E-state index is 8.56. The smallest absolute Gasteiger partial charge is 0.0558 e. The first-order chi connectivity index (χ1) is 54.9. The lowest BCUT2D eigenvalue weighted by molar-refractivity contribution is 0.180. The number of rotatable bonds is 68. The van der Waals surface area contributed by atoms with Gasteiger partial charge in [-0.25, -0.2) is 0 Å². The van der Waals surface area contributed by atoms with E-state index in [0.29, 0.717) is 6.61 Å². The molecule has 0 amide bonds. The Morgan fingerprint density at radius 1 is 0.216 bits per heavy atom. The van der Waals surface area contributed by atoms with Gasteiger partial charge < -0.3 is 146 Å². The molecule has 0 aromatic carbocycles. The monoisotopic (exact) mass is 1670 g/mol. The molecule has 0 radical (unpaired) electrons. The number of aliphatic hydroxyl groups is 2. The van der Waals surface area contributed by atoms with Crippen LogP contribution in [0.4, 0.5) is 0 Å². The van der Waals surface area contributed by atoms with Gasteiger partial charge in [0.2, 0.25) is 0 Å². The number of β-amino-alcohol motifs (C(OH)–C–C–N with tert-alkyl or cyclic N) is 1. The van der Waals surface area contributed by atoms with Crippen molar-refractivity contribution in [2.75, 3.05) is 547 Å². The molecule has 10 N–H and O–H groups in total. The zero-order valence-corrected chi connectivity index (χ0v) is 84.1. The molecule has 0 aromatic rings. The highest BCUT2D eigenvalue weighted by atomic mass is 16.3. The normalized spacial score (nSPS) is 12.8. The minimum atomic E-state index is 0.250. The number of likely N-dealkylation sites (N-methyl/N-ethyl adjacent to an activating group) is 20. The molecule has 0 unspecified atom stereocenters. The topological polar surface area (TPSA) is 205 Å². The number of hydrogen-bond donors (Lipinski definition) is 10. The number of piperazine rings is 1. The van der Waals surface area contributed by atoms with Gasteiger partial charge in [-0.3, -0.25) is 9.80 Å². The van der Waals surface area contributed by atoms with Crippen LogP contribution in [0.2, 0.25) is 0 Å². The third-order valence-electron chi connectivity index (χ3n) is 19.3. The van der Waals surface area contributed by atoms with Gasteiger partial charge in [0, 0.05) is 249 Å². The number of nitrogens with one attached hydrogen (secondary N) is 8. The molecule has 1 rings (SSSR count). The van der Waals surface area contributed by atoms with E-state index in [0.717, 1.165) is 249 Å². The Morgan fingerprint density at radius 3 is 0.759 bits per heavy atom. The molecule has 1 heterocycles. The van der Waals surface area contributed by atoms with Crippen molar-refractivity contribution in [2.45, 2.75) is 25.7 Å². The van der Waals surface area contributed by atoms with Crippen molar-refractivity contribution >= 4 is 0 Å². The number of aliphatic hydroxyl groups excluding tert-OH is 2. The van der Waals surface area contributed by atoms with Crippen molar-refractivity contribution in [3.63, 3.8) is 0 Å². The molecule has 31 heteroatoms. The van der Waals surface area contributed by atoms with Crippen LogP contribution in [-0.4, -0.2) is 660 Å². The summed E-state index contributed by atoms with van der Waals surface area (Å²) >= 11 is 0. The van der Waals surface area contributed by atoms with Gasteiger partial charge in [0.1, 0.15) is 0 Å². The third kappa shape index (κ3) is 121. The molecule has 0 atom stereocenters. The maximum Gasteiger partial charge on any atom is 0.0558 e. The molecular formula is C85H213N29O2. The fourth-order valence-corrected chi connectivity index (χ4v) is 10.5. The van der Waals surface area contributed by atoms with Gasteiger partial charge >= 0.3 is 0 Å². The molecule has 31 nitrogen and oxygen atoms in total. The van der Waals surface area contributed by atoms with E-state index in [1.54, 1.807) is 0 Å². The molecule has 1 saturated heterocycles. The van der Waals surface area contributed by atoms with Crippen LogP contribution in [0.5, 0.6) is 0 Å². The van der Waals surface area contributed by atoms with E-state index in [4.69, 9.17) is 10.2 Å².